The number of rotatable bonds is 9. The lowest BCUT2D eigenvalue weighted by Crippen LogP contribution is -2.28. The van der Waals surface area contributed by atoms with Gasteiger partial charge in [0.05, 0.1) is 0 Å². The molecule has 1 unspecified atom stereocenters. The number of hydrogen-bond donors (Lipinski definition) is 1. The molecule has 0 saturated carbocycles. The van der Waals surface area contributed by atoms with Gasteiger partial charge in [-0.1, -0.05) is 45.0 Å². The van der Waals surface area contributed by atoms with Crippen molar-refractivity contribution in [2.75, 3.05) is 26.7 Å². The summed E-state index contributed by atoms with van der Waals surface area (Å²) in [7, 11) is 2.24. The first-order valence-electron chi connectivity index (χ1n) is 8.02. The van der Waals surface area contributed by atoms with Crippen molar-refractivity contribution in [3.8, 4) is 0 Å². The lowest BCUT2D eigenvalue weighted by molar-refractivity contribution is 0.290. The van der Waals surface area contributed by atoms with Crippen molar-refractivity contribution in [3.05, 3.63) is 35.4 Å². The Morgan fingerprint density at radius 3 is 2.35 bits per heavy atom. The van der Waals surface area contributed by atoms with Gasteiger partial charge in [-0.2, -0.15) is 0 Å². The molecule has 1 rings (SSSR count). The Labute approximate surface area is 125 Å². The maximum Gasteiger partial charge on any atom is 0.0334 e. The number of nitrogens with one attached hydrogen (secondary N) is 1. The molecule has 0 aromatic heterocycles. The highest BCUT2D eigenvalue weighted by atomic mass is 15.1. The van der Waals surface area contributed by atoms with Crippen LogP contribution in [0.5, 0.6) is 0 Å². The number of benzene rings is 1. The molecular weight excluding hydrogens is 244 g/mol. The van der Waals surface area contributed by atoms with Gasteiger partial charge in [-0.15, -0.1) is 0 Å². The summed E-state index contributed by atoms with van der Waals surface area (Å²) >= 11 is 0. The normalized spacial score (nSPS) is 13.2. The fraction of sp³-hybridized carbons (Fsp3) is 0.667. The van der Waals surface area contributed by atoms with Crippen LogP contribution in [0.4, 0.5) is 0 Å². The predicted octanol–water partition coefficient (Wildman–Crippen LogP) is 4.01. The monoisotopic (exact) mass is 276 g/mol. The van der Waals surface area contributed by atoms with Crippen LogP contribution in [0.1, 0.15) is 50.8 Å². The summed E-state index contributed by atoms with van der Waals surface area (Å²) in [5, 5.41) is 3.63. The van der Waals surface area contributed by atoms with Crippen molar-refractivity contribution < 1.29 is 0 Å². The molecule has 1 atom stereocenters. The number of aryl methyl sites for hydroxylation is 1. The molecule has 2 heteroatoms. The van der Waals surface area contributed by atoms with Crippen LogP contribution in [0.2, 0.25) is 0 Å². The summed E-state index contributed by atoms with van der Waals surface area (Å²) in [6.45, 7) is 12.4. The van der Waals surface area contributed by atoms with Crippen LogP contribution in [0.25, 0.3) is 0 Å². The molecule has 0 radical (unpaired) electrons. The number of hydrogen-bond acceptors (Lipinski definition) is 2. The van der Waals surface area contributed by atoms with E-state index in [1.165, 1.54) is 30.5 Å². The quantitative estimate of drug-likeness (QED) is 0.733. The van der Waals surface area contributed by atoms with Crippen molar-refractivity contribution in [3.63, 3.8) is 0 Å². The Balaban J connectivity index is 2.53. The van der Waals surface area contributed by atoms with Gasteiger partial charge in [0.2, 0.25) is 0 Å². The third kappa shape index (κ3) is 6.06. The molecule has 0 bridgehead atoms. The second kappa shape index (κ2) is 9.15. The van der Waals surface area contributed by atoms with E-state index < -0.39 is 0 Å². The van der Waals surface area contributed by atoms with E-state index in [0.717, 1.165) is 19.0 Å². The molecule has 2 nitrogen and oxygen atoms in total. The SMILES string of the molecule is CCNC(CCN(C)CCC(C)C)c1ccccc1C. The second-order valence-electron chi connectivity index (χ2n) is 6.24. The average Bonchev–Trinajstić information content (AvgIpc) is 2.42. The van der Waals surface area contributed by atoms with Gasteiger partial charge in [0.15, 0.2) is 0 Å². The Hall–Kier alpha value is -0.860. The molecular formula is C18H32N2. The smallest absolute Gasteiger partial charge is 0.0334 e. The lowest BCUT2D eigenvalue weighted by atomic mass is 9.98. The summed E-state index contributed by atoms with van der Waals surface area (Å²) in [5.74, 6) is 0.790. The summed E-state index contributed by atoms with van der Waals surface area (Å²) < 4.78 is 0. The van der Waals surface area contributed by atoms with Gasteiger partial charge in [0.25, 0.3) is 0 Å². The standard InChI is InChI=1S/C18H32N2/c1-6-19-18(17-10-8-7-9-16(17)4)12-14-20(5)13-11-15(2)3/h7-10,15,18-19H,6,11-14H2,1-5H3. The molecule has 0 aliphatic heterocycles. The van der Waals surface area contributed by atoms with Crippen molar-refractivity contribution in [2.45, 2.75) is 46.6 Å². The van der Waals surface area contributed by atoms with E-state index in [9.17, 15) is 0 Å². The third-order valence-electron chi connectivity index (χ3n) is 3.90. The van der Waals surface area contributed by atoms with Gasteiger partial charge in [-0.25, -0.2) is 0 Å². The topological polar surface area (TPSA) is 15.3 Å². The van der Waals surface area contributed by atoms with Gasteiger partial charge in [-0.05, 0) is 63.5 Å². The van der Waals surface area contributed by atoms with Crippen LogP contribution in [0, 0.1) is 12.8 Å². The summed E-state index contributed by atoms with van der Waals surface area (Å²) in [6.07, 6.45) is 2.46. The molecule has 0 aliphatic carbocycles. The highest BCUT2D eigenvalue weighted by molar-refractivity contribution is 5.28. The fourth-order valence-electron chi connectivity index (χ4n) is 2.53. The third-order valence-corrected chi connectivity index (χ3v) is 3.90. The molecule has 0 aliphatic rings. The molecule has 0 spiro atoms. The van der Waals surface area contributed by atoms with Crippen LogP contribution in [0.3, 0.4) is 0 Å². The molecule has 114 valence electrons. The Morgan fingerprint density at radius 1 is 1.10 bits per heavy atom. The first kappa shape index (κ1) is 17.2. The molecule has 0 amide bonds. The maximum absolute atomic E-state index is 3.63. The minimum absolute atomic E-state index is 0.475. The summed E-state index contributed by atoms with van der Waals surface area (Å²) in [5.41, 5.74) is 2.84. The Morgan fingerprint density at radius 2 is 1.75 bits per heavy atom. The summed E-state index contributed by atoms with van der Waals surface area (Å²) in [6, 6.07) is 9.22. The fourth-order valence-corrected chi connectivity index (χ4v) is 2.53. The van der Waals surface area contributed by atoms with Crippen molar-refractivity contribution in [1.29, 1.82) is 0 Å². The zero-order chi connectivity index (χ0) is 15.0. The number of nitrogens with zero attached hydrogens (tertiary/aromatic N) is 1. The highest BCUT2D eigenvalue weighted by Gasteiger charge is 2.13. The first-order chi connectivity index (χ1) is 9.54. The first-order valence-corrected chi connectivity index (χ1v) is 8.02. The maximum atomic E-state index is 3.63. The molecule has 1 N–H and O–H groups in total. The van der Waals surface area contributed by atoms with Crippen molar-refractivity contribution in [2.24, 2.45) is 5.92 Å². The lowest BCUT2D eigenvalue weighted by Gasteiger charge is -2.24. The molecule has 0 heterocycles. The predicted molar refractivity (Wildman–Crippen MR) is 89.2 cm³/mol. The Kier molecular flexibility index (Phi) is 7.86. The van der Waals surface area contributed by atoms with E-state index in [4.69, 9.17) is 0 Å². The van der Waals surface area contributed by atoms with Crippen LogP contribution in [-0.2, 0) is 0 Å². The van der Waals surface area contributed by atoms with E-state index in [0.29, 0.717) is 6.04 Å². The molecule has 20 heavy (non-hydrogen) atoms. The summed E-state index contributed by atoms with van der Waals surface area (Å²) in [4.78, 5) is 2.46. The van der Waals surface area contributed by atoms with Crippen molar-refractivity contribution in [1.82, 2.24) is 10.2 Å². The minimum atomic E-state index is 0.475. The zero-order valence-corrected chi connectivity index (χ0v) is 13.9. The van der Waals surface area contributed by atoms with E-state index in [-0.39, 0.29) is 0 Å². The van der Waals surface area contributed by atoms with Gasteiger partial charge in [-0.3, -0.25) is 0 Å². The van der Waals surface area contributed by atoms with Crippen LogP contribution in [-0.4, -0.2) is 31.6 Å². The largest absolute Gasteiger partial charge is 0.310 e. The molecule has 1 aromatic carbocycles. The van der Waals surface area contributed by atoms with Crippen LogP contribution in [0.15, 0.2) is 24.3 Å². The van der Waals surface area contributed by atoms with Crippen LogP contribution >= 0.6 is 0 Å². The van der Waals surface area contributed by atoms with Gasteiger partial charge in [0.1, 0.15) is 0 Å². The molecule has 0 fully saturated rings. The highest BCUT2D eigenvalue weighted by Crippen LogP contribution is 2.20. The zero-order valence-electron chi connectivity index (χ0n) is 13.9. The van der Waals surface area contributed by atoms with Gasteiger partial charge >= 0.3 is 0 Å². The molecule has 0 saturated heterocycles. The second-order valence-corrected chi connectivity index (χ2v) is 6.24. The van der Waals surface area contributed by atoms with E-state index >= 15 is 0 Å². The van der Waals surface area contributed by atoms with E-state index in [1.807, 2.05) is 0 Å². The minimum Gasteiger partial charge on any atom is -0.310 e. The van der Waals surface area contributed by atoms with E-state index in [2.05, 4.69) is 69.2 Å². The Bertz CT molecular complexity index is 373. The van der Waals surface area contributed by atoms with Crippen LogP contribution < -0.4 is 5.32 Å². The van der Waals surface area contributed by atoms with E-state index in [1.54, 1.807) is 0 Å². The average molecular weight is 276 g/mol. The van der Waals surface area contributed by atoms with Gasteiger partial charge < -0.3 is 10.2 Å². The van der Waals surface area contributed by atoms with Gasteiger partial charge in [0, 0.05) is 6.04 Å². The molecule has 1 aromatic rings. The van der Waals surface area contributed by atoms with Crippen molar-refractivity contribution >= 4 is 0 Å².